The molecule has 3 heterocycles. The van der Waals surface area contributed by atoms with E-state index < -0.39 is 105 Å². The van der Waals surface area contributed by atoms with Gasteiger partial charge in [0.25, 0.3) is 0 Å². The van der Waals surface area contributed by atoms with Crippen molar-refractivity contribution in [2.24, 2.45) is 0 Å². The van der Waals surface area contributed by atoms with Crippen molar-refractivity contribution < 1.29 is 116 Å². The Morgan fingerprint density at radius 2 is 0.677 bits per heavy atom. The summed E-state index contributed by atoms with van der Waals surface area (Å²) >= 11 is 0. The molecule has 0 aromatic rings. The van der Waals surface area contributed by atoms with Crippen LogP contribution in [-0.4, -0.2) is 147 Å². The molecule has 0 amide bonds. The number of aliphatic hydroxyl groups is 4. The van der Waals surface area contributed by atoms with Crippen molar-refractivity contribution in [2.75, 3.05) is 19.8 Å². The van der Waals surface area contributed by atoms with Crippen LogP contribution in [0.5, 0.6) is 0 Å². The molecule has 62 heavy (non-hydrogen) atoms. The van der Waals surface area contributed by atoms with Crippen LogP contribution in [0.2, 0.25) is 0 Å². The Balaban J connectivity index is 0.00000992. The van der Waals surface area contributed by atoms with Crippen molar-refractivity contribution in [1.29, 1.82) is 0 Å². The van der Waals surface area contributed by atoms with E-state index in [4.69, 9.17) is 28.7 Å². The van der Waals surface area contributed by atoms with Gasteiger partial charge in [-0.15, -0.1) is 0 Å². The first kappa shape index (κ1) is 57.8. The minimum atomic E-state index is -2.64. The van der Waals surface area contributed by atoms with Crippen LogP contribution in [0.15, 0.2) is 0 Å². The van der Waals surface area contributed by atoms with Gasteiger partial charge in [0.15, 0.2) is 5.60 Å². The van der Waals surface area contributed by atoms with Gasteiger partial charge in [-0.2, -0.15) is 15.2 Å². The summed E-state index contributed by atoms with van der Waals surface area (Å²) in [6.45, 7) is 33.3. The maximum atomic E-state index is 14.3. The summed E-state index contributed by atoms with van der Waals surface area (Å²) in [5, 5.41) is 48.7. The molecule has 3 saturated heterocycles. The number of hydroxylamine groups is 6. The van der Waals surface area contributed by atoms with Crippen LogP contribution in [-0.2, 0) is 43.1 Å². The Bertz CT molecular complexity index is 1420. The number of rotatable bonds is 17. The van der Waals surface area contributed by atoms with E-state index in [2.05, 4.69) is 0 Å². The van der Waals surface area contributed by atoms with Crippen LogP contribution in [0, 0.1) is 0 Å². The number of esters is 3. The van der Waals surface area contributed by atoms with E-state index in [1.165, 1.54) is 0 Å². The minimum absolute atomic E-state index is 0. The average Bonchev–Trinajstić information content (AvgIpc) is 2.95. The van der Waals surface area contributed by atoms with E-state index >= 15 is 0 Å². The molecule has 3 rings (SSSR count). The Morgan fingerprint density at radius 3 is 0.887 bits per heavy atom. The third kappa shape index (κ3) is 16.5. The normalized spacial score (nSPS) is 23.9. The quantitative estimate of drug-likeness (QED) is 0.0943. The summed E-state index contributed by atoms with van der Waals surface area (Å²) in [5.41, 5.74) is -9.81. The van der Waals surface area contributed by atoms with Gasteiger partial charge in [0.05, 0.1) is 49.5 Å². The van der Waals surface area contributed by atoms with E-state index in [9.17, 15) is 34.8 Å². The minimum Gasteiger partial charge on any atom is -1.00 e. The Labute approximate surface area is 416 Å². The summed E-state index contributed by atoms with van der Waals surface area (Å²) in [6, 6.07) is 0. The second-order valence-corrected chi connectivity index (χ2v) is 23.9. The Kier molecular flexibility index (Phi) is 18.7. The molecule has 0 aromatic carbocycles. The van der Waals surface area contributed by atoms with Gasteiger partial charge in [0, 0.05) is 71.8 Å². The van der Waals surface area contributed by atoms with E-state index in [-0.39, 0.29) is 85.5 Å². The summed E-state index contributed by atoms with van der Waals surface area (Å²) in [6.07, 6.45) is -1.75. The van der Waals surface area contributed by atoms with Crippen LogP contribution >= 0.6 is 0 Å². The van der Waals surface area contributed by atoms with E-state index in [1.807, 2.05) is 93.2 Å². The fourth-order valence-corrected chi connectivity index (χ4v) is 9.88. The molecule has 0 aromatic heterocycles. The largest absolute Gasteiger partial charge is 1.00 e. The third-order valence-electron chi connectivity index (χ3n) is 11.4. The first-order valence-electron chi connectivity index (χ1n) is 21.9. The Hall–Kier alpha value is -0.354. The maximum Gasteiger partial charge on any atom is 1.00 e. The van der Waals surface area contributed by atoms with Crippen LogP contribution in [0.1, 0.15) is 177 Å². The first-order valence-corrected chi connectivity index (χ1v) is 21.9. The SMILES string of the molecule is CC(C)(O)CON1C(C)(C)CC(OC(=O)CC(O)(CC(=O)OC2CC(C)(C)N(OCC(C)(C)O)C(C)(C)C2)C(=O)OC2CC(C)(C)N(OCC(C)(C)O)C(C)(C)C2)CC1(C)C.[H-].[K+]. The molecule has 358 valence electrons. The smallest absolute Gasteiger partial charge is 1.00 e. The number of hydrogen-bond acceptors (Lipinski definition) is 16. The molecule has 0 atom stereocenters. The predicted molar refractivity (Wildman–Crippen MR) is 229 cm³/mol. The van der Waals surface area contributed by atoms with E-state index in [0.717, 1.165) is 0 Å². The Morgan fingerprint density at radius 1 is 0.468 bits per heavy atom. The second-order valence-electron chi connectivity index (χ2n) is 23.9. The van der Waals surface area contributed by atoms with Gasteiger partial charge in [0.2, 0.25) is 0 Å². The van der Waals surface area contributed by atoms with E-state index in [0.29, 0.717) is 25.7 Å². The number of carbonyl (C=O) groups excluding carboxylic acids is 3. The van der Waals surface area contributed by atoms with Gasteiger partial charge in [-0.1, -0.05) is 0 Å². The van der Waals surface area contributed by atoms with Crippen molar-refractivity contribution in [2.45, 2.75) is 250 Å². The summed E-state index contributed by atoms with van der Waals surface area (Å²) < 4.78 is 18.0. The number of ether oxygens (including phenoxy) is 3. The average molecular weight is 914 g/mol. The molecular weight excluding hydrogens is 830 g/mol. The number of hydrogen-bond donors (Lipinski definition) is 4. The number of carbonyl (C=O) groups is 3. The number of nitrogens with zero attached hydrogens (tertiary/aromatic N) is 3. The monoisotopic (exact) mass is 914 g/mol. The molecule has 0 radical (unpaired) electrons. The maximum absolute atomic E-state index is 14.3. The first-order chi connectivity index (χ1) is 27.1. The van der Waals surface area contributed by atoms with Crippen molar-refractivity contribution in [1.82, 2.24) is 15.2 Å². The van der Waals surface area contributed by atoms with Crippen LogP contribution in [0.4, 0.5) is 0 Å². The fraction of sp³-hybridized carbons (Fsp3) is 0.933. The molecule has 3 aliphatic rings. The topological polar surface area (TPSA) is 197 Å². The van der Waals surface area contributed by atoms with Crippen molar-refractivity contribution in [3.63, 3.8) is 0 Å². The van der Waals surface area contributed by atoms with Crippen LogP contribution in [0.25, 0.3) is 0 Å². The number of piperidine rings is 3. The molecule has 16 nitrogen and oxygen atoms in total. The van der Waals surface area contributed by atoms with Gasteiger partial charge in [-0.25, -0.2) is 4.79 Å². The molecule has 0 bridgehead atoms. The molecule has 0 aliphatic carbocycles. The van der Waals surface area contributed by atoms with Crippen LogP contribution in [0.3, 0.4) is 0 Å². The van der Waals surface area contributed by atoms with Gasteiger partial charge >= 0.3 is 69.3 Å². The third-order valence-corrected chi connectivity index (χ3v) is 11.4. The molecule has 0 saturated carbocycles. The molecule has 0 spiro atoms. The molecule has 4 N–H and O–H groups in total. The van der Waals surface area contributed by atoms with Crippen molar-refractivity contribution in [3.05, 3.63) is 0 Å². The van der Waals surface area contributed by atoms with Gasteiger partial charge in [0.1, 0.15) is 18.3 Å². The van der Waals surface area contributed by atoms with Gasteiger partial charge in [-0.3, -0.25) is 24.1 Å². The molecular formula is C45H84KN3O13. The van der Waals surface area contributed by atoms with Crippen molar-refractivity contribution in [3.8, 4) is 0 Å². The standard InChI is InChI=1S/C45H83N3O13.K.H/c1-36(2)19-30(20-37(3,4)46(36)56-27-42(13,14)52)59-33(49)25-45(55,35(51)61-32-23-40(9,10)48(41(11,12)24-32)58-29-44(17,18)54)26-34(50)60-31-21-38(5,6)47(39(7,8)22-31)57-28-43(15,16)53;;/h30-32,52-55H,19-29H2,1-18H3;;/q;+1;-1. The summed E-state index contributed by atoms with van der Waals surface area (Å²) in [7, 11) is 0. The second kappa shape index (κ2) is 20.1. The van der Waals surface area contributed by atoms with Crippen LogP contribution < -0.4 is 51.4 Å². The summed E-state index contributed by atoms with van der Waals surface area (Å²) in [4.78, 5) is 60.4. The zero-order valence-corrected chi connectivity index (χ0v) is 44.9. The zero-order chi connectivity index (χ0) is 47.2. The predicted octanol–water partition coefficient (Wildman–Crippen LogP) is 2.42. The van der Waals surface area contributed by atoms with Crippen molar-refractivity contribution >= 4 is 17.9 Å². The molecule has 3 aliphatic heterocycles. The molecule has 17 heteroatoms. The zero-order valence-electron chi connectivity index (χ0n) is 42.8. The summed E-state index contributed by atoms with van der Waals surface area (Å²) in [5.74, 6) is -2.91. The van der Waals surface area contributed by atoms with Gasteiger partial charge in [-0.05, 0) is 125 Å². The fourth-order valence-electron chi connectivity index (χ4n) is 9.88. The molecule has 0 unspecified atom stereocenters. The van der Waals surface area contributed by atoms with E-state index in [1.54, 1.807) is 46.6 Å². The van der Waals surface area contributed by atoms with Gasteiger partial charge < -0.3 is 36.1 Å². The molecule has 3 fully saturated rings.